The quantitative estimate of drug-likeness (QED) is 0.464. The van der Waals surface area contributed by atoms with Crippen molar-refractivity contribution in [2.75, 3.05) is 7.11 Å². The number of nitriles is 1. The zero-order valence-electron chi connectivity index (χ0n) is 10.6. The maximum absolute atomic E-state index is 11.4. The third-order valence-electron chi connectivity index (χ3n) is 2.14. The average Bonchev–Trinajstić information content (AvgIpc) is 2.35. The summed E-state index contributed by atoms with van der Waals surface area (Å²) in [6.07, 6.45) is 0.992. The number of benzene rings is 1. The summed E-state index contributed by atoms with van der Waals surface area (Å²) >= 11 is 0. The maximum atomic E-state index is 11.4. The zero-order valence-corrected chi connectivity index (χ0v) is 10.6. The van der Waals surface area contributed by atoms with Gasteiger partial charge in [0.25, 0.3) is 0 Å². The molecule has 0 atom stereocenters. The summed E-state index contributed by atoms with van der Waals surface area (Å²) in [6, 6.07) is 8.88. The van der Waals surface area contributed by atoms with Gasteiger partial charge in [0, 0.05) is 6.08 Å². The lowest BCUT2D eigenvalue weighted by Gasteiger charge is -2.05. The molecule has 4 heteroatoms. The first kappa shape index (κ1) is 13.8. The molecule has 0 saturated heterocycles. The molecule has 0 bridgehead atoms. The van der Waals surface area contributed by atoms with Crippen LogP contribution in [0.5, 0.6) is 5.75 Å². The number of methoxy groups -OCH3 is 1. The lowest BCUT2D eigenvalue weighted by molar-refractivity contribution is -0.141. The van der Waals surface area contributed by atoms with Gasteiger partial charge in [-0.3, -0.25) is 0 Å². The number of nitrogens with zero attached hydrogens (tertiary/aromatic N) is 1. The Labute approximate surface area is 106 Å². The Bertz CT molecular complexity index is 481. The Hall–Kier alpha value is -2.28. The zero-order chi connectivity index (χ0) is 13.5. The van der Waals surface area contributed by atoms with Crippen LogP contribution in [0.1, 0.15) is 19.4 Å². The van der Waals surface area contributed by atoms with Crippen LogP contribution >= 0.6 is 0 Å². The van der Waals surface area contributed by atoms with Crippen molar-refractivity contribution in [2.45, 2.75) is 20.0 Å². The largest absolute Gasteiger partial charge is 0.497 e. The number of ether oxygens (including phenoxy) is 2. The van der Waals surface area contributed by atoms with E-state index in [1.807, 2.05) is 6.07 Å². The van der Waals surface area contributed by atoms with Crippen molar-refractivity contribution in [3.63, 3.8) is 0 Å². The molecule has 0 fully saturated rings. The molecule has 4 nitrogen and oxygen atoms in total. The Morgan fingerprint density at radius 3 is 2.39 bits per heavy atom. The monoisotopic (exact) mass is 245 g/mol. The van der Waals surface area contributed by atoms with Crippen molar-refractivity contribution in [3.05, 3.63) is 35.9 Å². The summed E-state index contributed by atoms with van der Waals surface area (Å²) in [5.41, 5.74) is 0.919. The smallest absolute Gasteiger partial charge is 0.332 e. The van der Waals surface area contributed by atoms with Gasteiger partial charge in [-0.1, -0.05) is 0 Å². The Morgan fingerprint density at radius 1 is 1.33 bits per heavy atom. The van der Waals surface area contributed by atoms with Crippen LogP contribution in [0.15, 0.2) is 30.3 Å². The van der Waals surface area contributed by atoms with E-state index in [4.69, 9.17) is 14.7 Å². The summed E-state index contributed by atoms with van der Waals surface area (Å²) < 4.78 is 9.98. The third kappa shape index (κ3) is 3.95. The van der Waals surface area contributed by atoms with E-state index in [2.05, 4.69) is 0 Å². The molecule has 0 N–H and O–H groups in total. The Morgan fingerprint density at radius 2 is 1.94 bits per heavy atom. The second-order valence-corrected chi connectivity index (χ2v) is 3.88. The van der Waals surface area contributed by atoms with Crippen LogP contribution in [-0.4, -0.2) is 19.2 Å². The SMILES string of the molecule is COc1ccc(C(C#N)=CC(=O)OC(C)C)cc1. The number of esters is 1. The summed E-state index contributed by atoms with van der Waals surface area (Å²) in [5, 5.41) is 9.03. The summed E-state index contributed by atoms with van der Waals surface area (Å²) in [7, 11) is 1.57. The van der Waals surface area contributed by atoms with Crippen LogP contribution in [0.25, 0.3) is 5.57 Å². The molecule has 1 aromatic carbocycles. The minimum atomic E-state index is -0.516. The van der Waals surface area contributed by atoms with Crippen molar-refractivity contribution in [1.29, 1.82) is 5.26 Å². The molecule has 1 rings (SSSR count). The lowest BCUT2D eigenvalue weighted by Crippen LogP contribution is -2.09. The topological polar surface area (TPSA) is 59.3 Å². The van der Waals surface area contributed by atoms with E-state index in [0.29, 0.717) is 11.3 Å². The average molecular weight is 245 g/mol. The molecule has 0 radical (unpaired) electrons. The number of carbonyl (C=O) groups is 1. The molecule has 0 amide bonds. The summed E-state index contributed by atoms with van der Waals surface area (Å²) in [6.45, 7) is 3.51. The van der Waals surface area contributed by atoms with Crippen LogP contribution in [0.4, 0.5) is 0 Å². The van der Waals surface area contributed by atoms with E-state index >= 15 is 0 Å². The highest BCUT2D eigenvalue weighted by atomic mass is 16.5. The number of hydrogen-bond acceptors (Lipinski definition) is 4. The van der Waals surface area contributed by atoms with Crippen LogP contribution in [0.3, 0.4) is 0 Å². The standard InChI is InChI=1S/C14H15NO3/c1-10(2)18-14(16)8-12(9-15)11-4-6-13(17-3)7-5-11/h4-8,10H,1-3H3. The predicted molar refractivity (Wildman–Crippen MR) is 67.8 cm³/mol. The van der Waals surface area contributed by atoms with Crippen molar-refractivity contribution < 1.29 is 14.3 Å². The lowest BCUT2D eigenvalue weighted by atomic mass is 10.1. The molecule has 18 heavy (non-hydrogen) atoms. The van der Waals surface area contributed by atoms with Gasteiger partial charge >= 0.3 is 5.97 Å². The summed E-state index contributed by atoms with van der Waals surface area (Å²) in [4.78, 5) is 11.4. The molecular formula is C14H15NO3. The second-order valence-electron chi connectivity index (χ2n) is 3.88. The minimum absolute atomic E-state index is 0.204. The Kier molecular flexibility index (Phi) is 4.94. The van der Waals surface area contributed by atoms with E-state index in [-0.39, 0.29) is 11.7 Å². The van der Waals surface area contributed by atoms with Gasteiger partial charge in [0.15, 0.2) is 0 Å². The van der Waals surface area contributed by atoms with Gasteiger partial charge in [0.2, 0.25) is 0 Å². The minimum Gasteiger partial charge on any atom is -0.497 e. The van der Waals surface area contributed by atoms with E-state index in [9.17, 15) is 4.79 Å². The molecule has 94 valence electrons. The van der Waals surface area contributed by atoms with E-state index in [1.165, 1.54) is 6.08 Å². The predicted octanol–water partition coefficient (Wildman–Crippen LogP) is 2.55. The van der Waals surface area contributed by atoms with Crippen LogP contribution in [-0.2, 0) is 9.53 Å². The second kappa shape index (κ2) is 6.45. The first-order chi connectivity index (χ1) is 8.56. The molecule has 0 heterocycles. The number of carbonyl (C=O) groups excluding carboxylic acids is 1. The van der Waals surface area contributed by atoms with Gasteiger partial charge in [-0.15, -0.1) is 0 Å². The van der Waals surface area contributed by atoms with Gasteiger partial charge < -0.3 is 9.47 Å². The molecule has 0 spiro atoms. The first-order valence-electron chi connectivity index (χ1n) is 5.53. The van der Waals surface area contributed by atoms with Crippen LogP contribution in [0, 0.1) is 11.3 Å². The molecule has 0 aromatic heterocycles. The molecule has 0 aliphatic rings. The van der Waals surface area contributed by atoms with Gasteiger partial charge in [-0.05, 0) is 43.7 Å². The number of hydrogen-bond donors (Lipinski definition) is 0. The van der Waals surface area contributed by atoms with Crippen LogP contribution < -0.4 is 4.74 Å². The van der Waals surface area contributed by atoms with Crippen molar-refractivity contribution in [3.8, 4) is 11.8 Å². The molecule has 0 saturated carbocycles. The first-order valence-corrected chi connectivity index (χ1v) is 5.53. The van der Waals surface area contributed by atoms with Crippen LogP contribution in [0.2, 0.25) is 0 Å². The highest BCUT2D eigenvalue weighted by Gasteiger charge is 2.07. The molecule has 0 aliphatic heterocycles. The van der Waals surface area contributed by atoms with Gasteiger partial charge in [0.1, 0.15) is 11.8 Å². The van der Waals surface area contributed by atoms with Crippen molar-refractivity contribution in [1.82, 2.24) is 0 Å². The van der Waals surface area contributed by atoms with E-state index in [0.717, 1.165) is 0 Å². The molecular weight excluding hydrogens is 230 g/mol. The Balaban J connectivity index is 2.92. The maximum Gasteiger partial charge on any atom is 0.332 e. The highest BCUT2D eigenvalue weighted by Crippen LogP contribution is 2.18. The molecule has 0 aliphatic carbocycles. The highest BCUT2D eigenvalue weighted by molar-refractivity contribution is 5.95. The van der Waals surface area contributed by atoms with Gasteiger partial charge in [-0.25, -0.2) is 4.79 Å². The van der Waals surface area contributed by atoms with E-state index < -0.39 is 5.97 Å². The van der Waals surface area contributed by atoms with Gasteiger partial charge in [0.05, 0.1) is 18.8 Å². The van der Waals surface area contributed by atoms with Crippen molar-refractivity contribution >= 4 is 11.5 Å². The molecule has 1 aromatic rings. The normalized spacial score (nSPS) is 10.9. The fourth-order valence-corrected chi connectivity index (χ4v) is 1.33. The fourth-order valence-electron chi connectivity index (χ4n) is 1.33. The van der Waals surface area contributed by atoms with Crippen molar-refractivity contribution in [2.24, 2.45) is 0 Å². The van der Waals surface area contributed by atoms with Gasteiger partial charge in [-0.2, -0.15) is 5.26 Å². The molecule has 0 unspecified atom stereocenters. The summed E-state index contributed by atoms with van der Waals surface area (Å²) in [5.74, 6) is 0.179. The fraction of sp³-hybridized carbons (Fsp3) is 0.286. The van der Waals surface area contributed by atoms with E-state index in [1.54, 1.807) is 45.2 Å². The number of rotatable bonds is 4. The third-order valence-corrected chi connectivity index (χ3v) is 2.14. The number of allylic oxidation sites excluding steroid dienone is 1.